The molecule has 0 fully saturated rings. The van der Waals surface area contributed by atoms with Crippen molar-refractivity contribution in [1.29, 1.82) is 0 Å². The molecule has 1 aromatic heterocycles. The molecule has 0 aliphatic heterocycles. The predicted molar refractivity (Wildman–Crippen MR) is 115 cm³/mol. The van der Waals surface area contributed by atoms with Crippen molar-refractivity contribution in [1.82, 2.24) is 9.47 Å². The molecule has 0 spiro atoms. The molecule has 0 saturated heterocycles. The van der Waals surface area contributed by atoms with Crippen LogP contribution < -0.4 is 0 Å². The summed E-state index contributed by atoms with van der Waals surface area (Å²) in [5.41, 5.74) is 5.43. The SMILES string of the molecule is Cc1cccc(Cn2cccc2CN(Cc2ccccc2)C(C)C(C)C)c1. The van der Waals surface area contributed by atoms with Crippen LogP contribution in [0.5, 0.6) is 0 Å². The van der Waals surface area contributed by atoms with Crippen molar-refractivity contribution >= 4 is 0 Å². The van der Waals surface area contributed by atoms with E-state index in [4.69, 9.17) is 0 Å². The minimum absolute atomic E-state index is 0.521. The number of nitrogens with zero attached hydrogens (tertiary/aromatic N) is 2. The van der Waals surface area contributed by atoms with Gasteiger partial charge in [0.05, 0.1) is 0 Å². The van der Waals surface area contributed by atoms with E-state index in [1.165, 1.54) is 22.4 Å². The Morgan fingerprint density at radius 2 is 1.56 bits per heavy atom. The fourth-order valence-electron chi connectivity index (χ4n) is 3.55. The summed E-state index contributed by atoms with van der Waals surface area (Å²) in [6, 6.07) is 24.6. The Balaban J connectivity index is 1.78. The highest BCUT2D eigenvalue weighted by molar-refractivity contribution is 5.23. The average Bonchev–Trinajstić information content (AvgIpc) is 3.08. The highest BCUT2D eigenvalue weighted by atomic mass is 15.2. The van der Waals surface area contributed by atoms with Crippen LogP contribution in [0.3, 0.4) is 0 Å². The summed E-state index contributed by atoms with van der Waals surface area (Å²) in [6.45, 7) is 12.0. The van der Waals surface area contributed by atoms with Crippen molar-refractivity contribution in [3.63, 3.8) is 0 Å². The van der Waals surface area contributed by atoms with Gasteiger partial charge in [0, 0.05) is 37.6 Å². The van der Waals surface area contributed by atoms with Crippen LogP contribution in [0, 0.1) is 12.8 Å². The van der Waals surface area contributed by atoms with Crippen molar-refractivity contribution in [3.8, 4) is 0 Å². The fraction of sp³-hybridized carbons (Fsp3) is 0.360. The molecule has 142 valence electrons. The topological polar surface area (TPSA) is 8.17 Å². The molecule has 0 radical (unpaired) electrons. The molecule has 1 atom stereocenters. The standard InChI is InChI=1S/C25H32N2/c1-20(2)22(4)27(17-23-11-6-5-7-12-23)19-25-14-9-15-26(25)18-24-13-8-10-21(3)16-24/h5-16,20,22H,17-19H2,1-4H3. The zero-order chi connectivity index (χ0) is 19.2. The predicted octanol–water partition coefficient (Wildman–Crippen LogP) is 5.89. The summed E-state index contributed by atoms with van der Waals surface area (Å²) < 4.78 is 2.39. The molecular weight excluding hydrogens is 328 g/mol. The van der Waals surface area contributed by atoms with Crippen LogP contribution in [0.1, 0.15) is 43.2 Å². The highest BCUT2D eigenvalue weighted by Gasteiger charge is 2.19. The lowest BCUT2D eigenvalue weighted by Gasteiger charge is -2.32. The van der Waals surface area contributed by atoms with Gasteiger partial charge >= 0.3 is 0 Å². The largest absolute Gasteiger partial charge is 0.346 e. The summed E-state index contributed by atoms with van der Waals surface area (Å²) in [5.74, 6) is 0.619. The smallest absolute Gasteiger partial charge is 0.0473 e. The van der Waals surface area contributed by atoms with Crippen molar-refractivity contribution in [3.05, 3.63) is 95.3 Å². The van der Waals surface area contributed by atoms with Gasteiger partial charge in [0.2, 0.25) is 0 Å². The van der Waals surface area contributed by atoms with Gasteiger partial charge in [-0.3, -0.25) is 4.90 Å². The Morgan fingerprint density at radius 1 is 0.815 bits per heavy atom. The summed E-state index contributed by atoms with van der Waals surface area (Å²) in [4.78, 5) is 2.60. The van der Waals surface area contributed by atoms with E-state index in [0.29, 0.717) is 12.0 Å². The fourth-order valence-corrected chi connectivity index (χ4v) is 3.55. The maximum Gasteiger partial charge on any atom is 0.0473 e. The number of rotatable bonds is 8. The van der Waals surface area contributed by atoms with Gasteiger partial charge in [0.25, 0.3) is 0 Å². The number of aryl methyl sites for hydroxylation is 1. The molecule has 1 unspecified atom stereocenters. The van der Waals surface area contributed by atoms with Gasteiger partial charge in [-0.05, 0) is 43.0 Å². The first-order valence-corrected chi connectivity index (χ1v) is 10.0. The molecular formula is C25H32N2. The van der Waals surface area contributed by atoms with Crippen LogP contribution in [0.4, 0.5) is 0 Å². The van der Waals surface area contributed by atoms with Crippen molar-refractivity contribution < 1.29 is 0 Å². The molecule has 0 aliphatic carbocycles. The molecule has 2 aromatic carbocycles. The normalized spacial score (nSPS) is 12.7. The summed E-state index contributed by atoms with van der Waals surface area (Å²) in [7, 11) is 0. The molecule has 2 heteroatoms. The van der Waals surface area contributed by atoms with Crippen LogP contribution in [0.15, 0.2) is 72.9 Å². The highest BCUT2D eigenvalue weighted by Crippen LogP contribution is 2.19. The summed E-state index contributed by atoms with van der Waals surface area (Å²) in [5, 5.41) is 0. The summed E-state index contributed by atoms with van der Waals surface area (Å²) in [6.07, 6.45) is 2.21. The Hall–Kier alpha value is -2.32. The van der Waals surface area contributed by atoms with Crippen molar-refractivity contribution in [2.45, 2.75) is 53.4 Å². The number of hydrogen-bond donors (Lipinski definition) is 0. The Kier molecular flexibility index (Phi) is 6.52. The van der Waals surface area contributed by atoms with Crippen LogP contribution in [-0.2, 0) is 19.6 Å². The molecule has 2 nitrogen and oxygen atoms in total. The molecule has 0 aliphatic rings. The van der Waals surface area contributed by atoms with E-state index in [1.54, 1.807) is 0 Å². The van der Waals surface area contributed by atoms with Gasteiger partial charge in [0.1, 0.15) is 0 Å². The first kappa shape index (κ1) is 19.4. The van der Waals surface area contributed by atoms with Crippen molar-refractivity contribution in [2.24, 2.45) is 5.92 Å². The van der Waals surface area contributed by atoms with Gasteiger partial charge in [-0.25, -0.2) is 0 Å². The minimum Gasteiger partial charge on any atom is -0.346 e. The zero-order valence-corrected chi connectivity index (χ0v) is 17.1. The Morgan fingerprint density at radius 3 is 2.26 bits per heavy atom. The van der Waals surface area contributed by atoms with E-state index in [1.807, 2.05) is 0 Å². The third-order valence-corrected chi connectivity index (χ3v) is 5.49. The van der Waals surface area contributed by atoms with E-state index in [0.717, 1.165) is 19.6 Å². The lowest BCUT2D eigenvalue weighted by atomic mass is 10.0. The first-order chi connectivity index (χ1) is 13.0. The number of aromatic nitrogens is 1. The Labute approximate surface area is 164 Å². The van der Waals surface area contributed by atoms with E-state index in [2.05, 4.69) is 110 Å². The molecule has 1 heterocycles. The second kappa shape index (κ2) is 9.05. The maximum atomic E-state index is 2.60. The third-order valence-electron chi connectivity index (χ3n) is 5.49. The van der Waals surface area contributed by atoms with Crippen LogP contribution in [0.25, 0.3) is 0 Å². The second-order valence-corrected chi connectivity index (χ2v) is 7.99. The van der Waals surface area contributed by atoms with Gasteiger partial charge in [-0.1, -0.05) is 74.0 Å². The van der Waals surface area contributed by atoms with Gasteiger partial charge in [0.15, 0.2) is 0 Å². The molecule has 0 amide bonds. The van der Waals surface area contributed by atoms with Crippen LogP contribution >= 0.6 is 0 Å². The van der Waals surface area contributed by atoms with Gasteiger partial charge < -0.3 is 4.57 Å². The Bertz CT molecular complexity index is 832. The molecule has 3 rings (SSSR count). The molecule has 3 aromatic rings. The maximum absolute atomic E-state index is 2.60. The van der Waals surface area contributed by atoms with Crippen LogP contribution in [-0.4, -0.2) is 15.5 Å². The average molecular weight is 361 g/mol. The molecule has 0 saturated carbocycles. The van der Waals surface area contributed by atoms with Crippen molar-refractivity contribution in [2.75, 3.05) is 0 Å². The third kappa shape index (κ3) is 5.33. The monoisotopic (exact) mass is 360 g/mol. The number of benzene rings is 2. The van der Waals surface area contributed by atoms with Crippen LogP contribution in [0.2, 0.25) is 0 Å². The lowest BCUT2D eigenvalue weighted by Crippen LogP contribution is -2.36. The van der Waals surface area contributed by atoms with E-state index < -0.39 is 0 Å². The molecule has 27 heavy (non-hydrogen) atoms. The molecule has 0 bridgehead atoms. The summed E-state index contributed by atoms with van der Waals surface area (Å²) >= 11 is 0. The number of hydrogen-bond acceptors (Lipinski definition) is 1. The quantitative estimate of drug-likeness (QED) is 0.486. The van der Waals surface area contributed by atoms with Gasteiger partial charge in [-0.15, -0.1) is 0 Å². The minimum atomic E-state index is 0.521. The van der Waals surface area contributed by atoms with E-state index in [-0.39, 0.29) is 0 Å². The zero-order valence-electron chi connectivity index (χ0n) is 17.1. The van der Waals surface area contributed by atoms with E-state index in [9.17, 15) is 0 Å². The first-order valence-electron chi connectivity index (χ1n) is 10.0. The second-order valence-electron chi connectivity index (χ2n) is 7.99. The molecule has 0 N–H and O–H groups in total. The lowest BCUT2D eigenvalue weighted by molar-refractivity contribution is 0.148. The van der Waals surface area contributed by atoms with E-state index >= 15 is 0 Å². The van der Waals surface area contributed by atoms with Gasteiger partial charge in [-0.2, -0.15) is 0 Å².